The number of rotatable bonds is 5. The van der Waals surface area contributed by atoms with Crippen molar-refractivity contribution >= 4 is 81.3 Å². The molecule has 1 aliphatic carbocycles. The number of hydrogen-bond donors (Lipinski definition) is 0. The zero-order valence-corrected chi connectivity index (χ0v) is 33.0. The molecule has 11 aromatic rings. The van der Waals surface area contributed by atoms with Crippen molar-refractivity contribution in [1.29, 1.82) is 0 Å². The first-order chi connectivity index (χ1) is 28.5. The number of furan rings is 1. The molecule has 0 radical (unpaired) electrons. The Kier molecular flexibility index (Phi) is 7.18. The van der Waals surface area contributed by atoms with Crippen LogP contribution in [0, 0.1) is 0 Å². The van der Waals surface area contributed by atoms with Gasteiger partial charge in [0.25, 0.3) is 0 Å². The van der Waals surface area contributed by atoms with Crippen LogP contribution >= 0.6 is 11.3 Å². The van der Waals surface area contributed by atoms with E-state index in [1.54, 1.807) is 0 Å². The number of para-hydroxylation sites is 1. The highest BCUT2D eigenvalue weighted by Crippen LogP contribution is 2.52. The molecule has 0 fully saturated rings. The largest absolute Gasteiger partial charge is 0.455 e. The van der Waals surface area contributed by atoms with Gasteiger partial charge in [-0.05, 0) is 105 Å². The average Bonchev–Trinajstić information content (AvgIpc) is 3.92. The molecule has 274 valence electrons. The van der Waals surface area contributed by atoms with Gasteiger partial charge in [-0.15, -0.1) is 11.3 Å². The fraction of sp³-hybridized carbons (Fsp3) is 0.0545. The van der Waals surface area contributed by atoms with Crippen LogP contribution in [0.1, 0.15) is 25.0 Å². The van der Waals surface area contributed by atoms with E-state index in [0.29, 0.717) is 0 Å². The van der Waals surface area contributed by atoms with Crippen molar-refractivity contribution in [3.8, 4) is 33.4 Å². The van der Waals surface area contributed by atoms with Crippen LogP contribution in [-0.2, 0) is 5.41 Å². The van der Waals surface area contributed by atoms with Gasteiger partial charge in [0, 0.05) is 58.7 Å². The zero-order valence-electron chi connectivity index (χ0n) is 32.2. The van der Waals surface area contributed by atoms with Gasteiger partial charge < -0.3 is 9.32 Å². The van der Waals surface area contributed by atoms with Crippen LogP contribution in [0.5, 0.6) is 0 Å². The smallest absolute Gasteiger partial charge is 0.143 e. The Morgan fingerprint density at radius 2 is 1.14 bits per heavy atom. The molecule has 0 saturated heterocycles. The summed E-state index contributed by atoms with van der Waals surface area (Å²) in [5.74, 6) is 0. The van der Waals surface area contributed by atoms with Crippen LogP contribution in [-0.4, -0.2) is 0 Å². The van der Waals surface area contributed by atoms with Gasteiger partial charge in [-0.1, -0.05) is 141 Å². The zero-order chi connectivity index (χ0) is 38.5. The fourth-order valence-corrected chi connectivity index (χ4v) is 10.7. The van der Waals surface area contributed by atoms with Crippen molar-refractivity contribution in [2.45, 2.75) is 19.3 Å². The van der Waals surface area contributed by atoms with Gasteiger partial charge in [0.2, 0.25) is 0 Å². The molecule has 3 heteroatoms. The van der Waals surface area contributed by atoms with Crippen molar-refractivity contribution in [2.75, 3.05) is 4.90 Å². The van der Waals surface area contributed by atoms with E-state index in [9.17, 15) is 0 Å². The number of anilines is 3. The first kappa shape index (κ1) is 33.2. The van der Waals surface area contributed by atoms with Crippen LogP contribution in [0.4, 0.5) is 17.1 Å². The van der Waals surface area contributed by atoms with Gasteiger partial charge >= 0.3 is 0 Å². The monoisotopic (exact) mass is 759 g/mol. The summed E-state index contributed by atoms with van der Waals surface area (Å²) in [6.45, 7) is 4.72. The highest BCUT2D eigenvalue weighted by Gasteiger charge is 2.36. The number of benzene rings is 9. The summed E-state index contributed by atoms with van der Waals surface area (Å²) in [6.07, 6.45) is 0. The third-order valence-electron chi connectivity index (χ3n) is 12.5. The maximum absolute atomic E-state index is 6.69. The summed E-state index contributed by atoms with van der Waals surface area (Å²) in [5.41, 5.74) is 15.1. The van der Waals surface area contributed by atoms with Crippen LogP contribution in [0.25, 0.3) is 86.3 Å². The van der Waals surface area contributed by atoms with E-state index in [-0.39, 0.29) is 5.41 Å². The Labute approximate surface area is 340 Å². The number of thiophene rings is 1. The molecule has 0 spiro atoms. The molecule has 1 aliphatic rings. The first-order valence-corrected chi connectivity index (χ1v) is 20.8. The Balaban J connectivity index is 1.05. The van der Waals surface area contributed by atoms with Crippen LogP contribution < -0.4 is 4.90 Å². The number of hydrogen-bond acceptors (Lipinski definition) is 3. The molecule has 9 aromatic carbocycles. The predicted octanol–water partition coefficient (Wildman–Crippen LogP) is 16.2. The summed E-state index contributed by atoms with van der Waals surface area (Å²) < 4.78 is 9.33. The molecule has 2 heterocycles. The lowest BCUT2D eigenvalue weighted by molar-refractivity contribution is 0.660. The quantitative estimate of drug-likeness (QED) is 0.174. The van der Waals surface area contributed by atoms with Crippen LogP contribution in [0.15, 0.2) is 192 Å². The van der Waals surface area contributed by atoms with Gasteiger partial charge in [0.15, 0.2) is 0 Å². The van der Waals surface area contributed by atoms with E-state index in [4.69, 9.17) is 4.42 Å². The lowest BCUT2D eigenvalue weighted by Crippen LogP contribution is -2.16. The highest BCUT2D eigenvalue weighted by atomic mass is 32.1. The van der Waals surface area contributed by atoms with E-state index in [0.717, 1.165) is 55.5 Å². The molecule has 0 unspecified atom stereocenters. The Morgan fingerprint density at radius 3 is 2.03 bits per heavy atom. The second kappa shape index (κ2) is 12.5. The third kappa shape index (κ3) is 4.90. The maximum atomic E-state index is 6.69. The minimum Gasteiger partial charge on any atom is -0.455 e. The van der Waals surface area contributed by atoms with Gasteiger partial charge in [-0.3, -0.25) is 0 Å². The molecule has 2 aromatic heterocycles. The fourth-order valence-electron chi connectivity index (χ4n) is 9.64. The molecule has 0 aliphatic heterocycles. The molecule has 58 heavy (non-hydrogen) atoms. The standard InChI is InChI=1S/C55H37NOS/c1-55(2)47-18-8-5-14-40(47)41-30-28-38(33-48(41)55)56(37-26-22-34(23-27-37)36-25-31-52-46(32-36)43-16-7-10-21-51(43)58-52)49-19-9-6-15-42(49)44-17-11-20-50-53(44)45-29-24-35-12-3-4-13-39(35)54(45)57-50/h3-33H,1-2H3. The molecule has 2 nitrogen and oxygen atoms in total. The predicted molar refractivity (Wildman–Crippen MR) is 247 cm³/mol. The normalized spacial score (nSPS) is 13.1. The summed E-state index contributed by atoms with van der Waals surface area (Å²) in [4.78, 5) is 2.45. The molecule has 0 saturated carbocycles. The molecule has 0 atom stereocenters. The van der Waals surface area contributed by atoms with E-state index in [2.05, 4.69) is 207 Å². The van der Waals surface area contributed by atoms with Crippen molar-refractivity contribution in [1.82, 2.24) is 0 Å². The second-order valence-electron chi connectivity index (χ2n) is 16.1. The Morgan fingerprint density at radius 1 is 0.448 bits per heavy atom. The summed E-state index contributed by atoms with van der Waals surface area (Å²) >= 11 is 1.86. The summed E-state index contributed by atoms with van der Waals surface area (Å²) in [7, 11) is 0. The van der Waals surface area contributed by atoms with E-state index < -0.39 is 0 Å². The van der Waals surface area contributed by atoms with E-state index in [1.807, 2.05) is 11.3 Å². The lowest BCUT2D eigenvalue weighted by atomic mass is 9.82. The van der Waals surface area contributed by atoms with E-state index in [1.165, 1.54) is 58.9 Å². The van der Waals surface area contributed by atoms with Crippen LogP contribution in [0.2, 0.25) is 0 Å². The molecule has 12 rings (SSSR count). The minimum atomic E-state index is -0.133. The molecule has 0 bridgehead atoms. The SMILES string of the molecule is CC1(C)c2ccccc2-c2ccc(N(c3ccc(-c4ccc5sc6ccccc6c5c4)cc3)c3ccccc3-c3cccc4oc5c6ccccc6ccc5c34)cc21. The minimum absolute atomic E-state index is 0.133. The topological polar surface area (TPSA) is 16.4 Å². The van der Waals surface area contributed by atoms with Crippen molar-refractivity contribution in [3.63, 3.8) is 0 Å². The van der Waals surface area contributed by atoms with E-state index >= 15 is 0 Å². The number of fused-ring (bicyclic) bond motifs is 11. The van der Waals surface area contributed by atoms with Gasteiger partial charge in [0.05, 0.1) is 5.69 Å². The molecule has 0 N–H and O–H groups in total. The van der Waals surface area contributed by atoms with Crippen molar-refractivity contribution in [2.24, 2.45) is 0 Å². The highest BCUT2D eigenvalue weighted by molar-refractivity contribution is 7.25. The first-order valence-electron chi connectivity index (χ1n) is 20.0. The lowest BCUT2D eigenvalue weighted by Gasteiger charge is -2.30. The Bertz CT molecular complexity index is 3440. The molecular formula is C55H37NOS. The Hall–Kier alpha value is -6.94. The number of nitrogens with zero attached hydrogens (tertiary/aromatic N) is 1. The van der Waals surface area contributed by atoms with Crippen molar-refractivity contribution in [3.05, 3.63) is 199 Å². The van der Waals surface area contributed by atoms with Gasteiger partial charge in [0.1, 0.15) is 11.2 Å². The van der Waals surface area contributed by atoms with Gasteiger partial charge in [-0.25, -0.2) is 0 Å². The summed E-state index contributed by atoms with van der Waals surface area (Å²) in [5, 5.41) is 7.20. The van der Waals surface area contributed by atoms with Crippen LogP contribution in [0.3, 0.4) is 0 Å². The maximum Gasteiger partial charge on any atom is 0.143 e. The third-order valence-corrected chi connectivity index (χ3v) is 13.6. The van der Waals surface area contributed by atoms with Crippen molar-refractivity contribution < 1.29 is 4.42 Å². The van der Waals surface area contributed by atoms with Gasteiger partial charge in [-0.2, -0.15) is 0 Å². The molecule has 0 amide bonds. The average molecular weight is 760 g/mol. The second-order valence-corrected chi connectivity index (χ2v) is 17.1. The molecular weight excluding hydrogens is 723 g/mol. The summed E-state index contributed by atoms with van der Waals surface area (Å²) in [6, 6.07) is 68.9.